The molecule has 0 fully saturated rings. The largest absolute Gasteiger partial charge is 0.496 e. The van der Waals surface area contributed by atoms with Crippen molar-refractivity contribution in [3.05, 3.63) is 29.6 Å². The van der Waals surface area contributed by atoms with Gasteiger partial charge in [-0.15, -0.1) is 0 Å². The molecule has 0 aliphatic rings. The predicted molar refractivity (Wildman–Crippen MR) is 72.2 cm³/mol. The fraction of sp³-hybridized carbons (Fsp3) is 0.571. The van der Waals surface area contributed by atoms with Gasteiger partial charge in [-0.1, -0.05) is 6.92 Å². The second kappa shape index (κ2) is 7.34. The highest BCUT2D eigenvalue weighted by Crippen LogP contribution is 2.33. The van der Waals surface area contributed by atoms with Crippen LogP contribution in [0.2, 0.25) is 0 Å². The van der Waals surface area contributed by atoms with Gasteiger partial charge in [0.25, 0.3) is 0 Å². The first kappa shape index (κ1) is 14.9. The van der Waals surface area contributed by atoms with Crippen LogP contribution in [0.4, 0.5) is 4.39 Å². The van der Waals surface area contributed by atoms with Gasteiger partial charge >= 0.3 is 0 Å². The Bertz CT molecular complexity index is 367. The molecule has 4 N–H and O–H groups in total. The van der Waals surface area contributed by atoms with E-state index in [1.165, 1.54) is 6.07 Å². The molecule has 18 heavy (non-hydrogen) atoms. The third-order valence-corrected chi connectivity index (χ3v) is 3.41. The van der Waals surface area contributed by atoms with Crippen LogP contribution in [-0.2, 0) is 0 Å². The average Bonchev–Trinajstić information content (AvgIpc) is 2.40. The Morgan fingerprint density at radius 3 is 2.44 bits per heavy atom. The van der Waals surface area contributed by atoms with E-state index in [0.717, 1.165) is 24.2 Å². The number of nitrogens with two attached hydrogens (primary N) is 2. The zero-order valence-electron chi connectivity index (χ0n) is 11.2. The first-order valence-corrected chi connectivity index (χ1v) is 6.39. The van der Waals surface area contributed by atoms with Crippen molar-refractivity contribution >= 4 is 0 Å². The quantitative estimate of drug-likeness (QED) is 0.784. The maximum atomic E-state index is 13.4. The molecule has 1 aromatic rings. The number of halogens is 1. The van der Waals surface area contributed by atoms with E-state index >= 15 is 0 Å². The average molecular weight is 254 g/mol. The van der Waals surface area contributed by atoms with Gasteiger partial charge < -0.3 is 16.2 Å². The summed E-state index contributed by atoms with van der Waals surface area (Å²) in [6.07, 6.45) is 1.78. The number of rotatable bonds is 7. The highest BCUT2D eigenvalue weighted by Gasteiger charge is 2.19. The molecule has 1 unspecified atom stereocenters. The fourth-order valence-electron chi connectivity index (χ4n) is 2.23. The molecule has 1 atom stereocenters. The smallest absolute Gasteiger partial charge is 0.123 e. The van der Waals surface area contributed by atoms with E-state index in [-0.39, 0.29) is 17.7 Å². The molecule has 1 rings (SSSR count). The van der Waals surface area contributed by atoms with Crippen LogP contribution in [0, 0.1) is 11.7 Å². The van der Waals surface area contributed by atoms with Gasteiger partial charge in [0.05, 0.1) is 7.11 Å². The Labute approximate surface area is 108 Å². The van der Waals surface area contributed by atoms with Crippen molar-refractivity contribution in [2.24, 2.45) is 17.4 Å². The van der Waals surface area contributed by atoms with Crippen LogP contribution < -0.4 is 16.2 Å². The van der Waals surface area contributed by atoms with Gasteiger partial charge in [-0.2, -0.15) is 0 Å². The summed E-state index contributed by atoms with van der Waals surface area (Å²) in [5, 5.41) is 0. The SMILES string of the molecule is CCC(CC(CN)CN)c1cc(F)ccc1OC. The molecule has 0 bridgehead atoms. The van der Waals surface area contributed by atoms with E-state index in [1.54, 1.807) is 19.2 Å². The molecule has 0 aliphatic carbocycles. The molecule has 0 spiro atoms. The number of methoxy groups -OCH3 is 1. The normalized spacial score (nSPS) is 12.8. The van der Waals surface area contributed by atoms with E-state index < -0.39 is 0 Å². The molecular weight excluding hydrogens is 231 g/mol. The molecule has 0 aromatic heterocycles. The van der Waals surface area contributed by atoms with E-state index in [9.17, 15) is 4.39 Å². The minimum absolute atomic E-state index is 0.229. The molecule has 0 heterocycles. The molecule has 0 radical (unpaired) electrons. The molecule has 0 saturated carbocycles. The summed E-state index contributed by atoms with van der Waals surface area (Å²) in [5.74, 6) is 0.994. The van der Waals surface area contributed by atoms with Gasteiger partial charge in [0.1, 0.15) is 11.6 Å². The summed E-state index contributed by atoms with van der Waals surface area (Å²) in [4.78, 5) is 0. The Balaban J connectivity index is 2.96. The highest BCUT2D eigenvalue weighted by molar-refractivity contribution is 5.36. The lowest BCUT2D eigenvalue weighted by atomic mass is 9.86. The first-order chi connectivity index (χ1) is 8.65. The van der Waals surface area contributed by atoms with E-state index in [2.05, 4.69) is 6.92 Å². The van der Waals surface area contributed by atoms with Gasteiger partial charge in [0.15, 0.2) is 0 Å². The number of ether oxygens (including phenoxy) is 1. The second-order valence-corrected chi connectivity index (χ2v) is 4.56. The van der Waals surface area contributed by atoms with Crippen molar-refractivity contribution in [3.63, 3.8) is 0 Å². The monoisotopic (exact) mass is 254 g/mol. The number of hydrogen-bond donors (Lipinski definition) is 2. The molecular formula is C14H23FN2O. The van der Waals surface area contributed by atoms with E-state index in [4.69, 9.17) is 16.2 Å². The number of benzene rings is 1. The highest BCUT2D eigenvalue weighted by atomic mass is 19.1. The lowest BCUT2D eigenvalue weighted by Crippen LogP contribution is -2.25. The number of hydrogen-bond acceptors (Lipinski definition) is 3. The van der Waals surface area contributed by atoms with Crippen molar-refractivity contribution < 1.29 is 9.13 Å². The molecule has 0 saturated heterocycles. The summed E-state index contributed by atoms with van der Waals surface area (Å²) in [6.45, 7) is 3.20. The Hall–Kier alpha value is -1.13. The Morgan fingerprint density at radius 1 is 1.28 bits per heavy atom. The standard InChI is InChI=1S/C14H23FN2O/c1-3-11(6-10(8-16)9-17)13-7-12(15)4-5-14(13)18-2/h4-5,7,10-11H,3,6,8-9,16-17H2,1-2H3. The third kappa shape index (κ3) is 3.68. The summed E-state index contributed by atoms with van der Waals surface area (Å²) in [7, 11) is 1.60. The van der Waals surface area contributed by atoms with Crippen LogP contribution in [0.25, 0.3) is 0 Å². The molecule has 102 valence electrons. The maximum absolute atomic E-state index is 13.4. The summed E-state index contributed by atoms with van der Waals surface area (Å²) < 4.78 is 18.7. The minimum atomic E-state index is -0.235. The van der Waals surface area contributed by atoms with Gasteiger partial charge in [0, 0.05) is 5.56 Å². The summed E-state index contributed by atoms with van der Waals surface area (Å²) in [5.41, 5.74) is 12.3. The van der Waals surface area contributed by atoms with Crippen molar-refractivity contribution in [2.75, 3.05) is 20.2 Å². The molecule has 4 heteroatoms. The van der Waals surface area contributed by atoms with E-state index in [1.807, 2.05) is 0 Å². The van der Waals surface area contributed by atoms with Crippen LogP contribution >= 0.6 is 0 Å². The van der Waals surface area contributed by atoms with Crippen LogP contribution in [0.5, 0.6) is 5.75 Å². The van der Waals surface area contributed by atoms with Crippen LogP contribution in [0.3, 0.4) is 0 Å². The third-order valence-electron chi connectivity index (χ3n) is 3.41. The molecule has 0 aliphatic heterocycles. The zero-order valence-corrected chi connectivity index (χ0v) is 11.2. The van der Waals surface area contributed by atoms with Crippen molar-refractivity contribution in [1.82, 2.24) is 0 Å². The Morgan fingerprint density at radius 2 is 1.94 bits per heavy atom. The van der Waals surface area contributed by atoms with Crippen molar-refractivity contribution in [2.45, 2.75) is 25.7 Å². The van der Waals surface area contributed by atoms with Crippen molar-refractivity contribution in [3.8, 4) is 5.75 Å². The van der Waals surface area contributed by atoms with E-state index in [0.29, 0.717) is 13.1 Å². The van der Waals surface area contributed by atoms with Gasteiger partial charge in [0.2, 0.25) is 0 Å². The van der Waals surface area contributed by atoms with Crippen LogP contribution in [-0.4, -0.2) is 20.2 Å². The topological polar surface area (TPSA) is 61.3 Å². The minimum Gasteiger partial charge on any atom is -0.496 e. The summed E-state index contributed by atoms with van der Waals surface area (Å²) >= 11 is 0. The van der Waals surface area contributed by atoms with Crippen molar-refractivity contribution in [1.29, 1.82) is 0 Å². The van der Waals surface area contributed by atoms with Gasteiger partial charge in [-0.25, -0.2) is 4.39 Å². The predicted octanol–water partition coefficient (Wildman–Crippen LogP) is 2.25. The maximum Gasteiger partial charge on any atom is 0.123 e. The lowest BCUT2D eigenvalue weighted by molar-refractivity contribution is 0.388. The first-order valence-electron chi connectivity index (χ1n) is 6.39. The van der Waals surface area contributed by atoms with Crippen LogP contribution in [0.1, 0.15) is 31.2 Å². The molecule has 1 aromatic carbocycles. The molecule has 0 amide bonds. The lowest BCUT2D eigenvalue weighted by Gasteiger charge is -2.22. The molecule has 3 nitrogen and oxygen atoms in total. The van der Waals surface area contributed by atoms with Crippen LogP contribution in [0.15, 0.2) is 18.2 Å². The second-order valence-electron chi connectivity index (χ2n) is 4.56. The van der Waals surface area contributed by atoms with Gasteiger partial charge in [-0.05, 0) is 56.0 Å². The fourth-order valence-corrected chi connectivity index (χ4v) is 2.23. The Kier molecular flexibility index (Phi) is 6.09. The summed E-state index contributed by atoms with van der Waals surface area (Å²) in [6, 6.07) is 4.64. The zero-order chi connectivity index (χ0) is 13.5. The van der Waals surface area contributed by atoms with Gasteiger partial charge in [-0.3, -0.25) is 0 Å².